The van der Waals surface area contributed by atoms with Gasteiger partial charge in [0.15, 0.2) is 0 Å². The van der Waals surface area contributed by atoms with Crippen LogP contribution in [0.2, 0.25) is 0 Å². The topological polar surface area (TPSA) is 0 Å². The molecule has 0 bridgehead atoms. The first-order valence-electron chi connectivity index (χ1n) is 6.64. The molecular formula is C18H11Li. The average Bonchev–Trinajstić information content (AvgIpc) is 2.46. The van der Waals surface area contributed by atoms with Crippen LogP contribution in [0.1, 0.15) is 0 Å². The van der Waals surface area contributed by atoms with E-state index in [1.165, 1.54) is 36.6 Å². The average molecular weight is 234 g/mol. The molecule has 0 heterocycles. The van der Waals surface area contributed by atoms with E-state index in [-0.39, 0.29) is 0 Å². The van der Waals surface area contributed by atoms with Crippen LogP contribution in [0.5, 0.6) is 0 Å². The molecule has 0 amide bonds. The van der Waals surface area contributed by atoms with E-state index in [0.717, 1.165) is 0 Å². The maximum absolute atomic E-state index is 2.31. The third-order valence-electron chi connectivity index (χ3n) is 3.93. The molecule has 0 N–H and O–H groups in total. The SMILES string of the molecule is [Li][c]1cc2cc3ccccc3cc2c2ccccc12. The summed E-state index contributed by atoms with van der Waals surface area (Å²) in [5.41, 5.74) is 0. The van der Waals surface area contributed by atoms with E-state index < -0.39 is 0 Å². The van der Waals surface area contributed by atoms with Crippen LogP contribution < -0.4 is 4.24 Å². The molecule has 0 aliphatic carbocycles. The van der Waals surface area contributed by atoms with Crippen LogP contribution in [-0.4, -0.2) is 17.7 Å². The van der Waals surface area contributed by atoms with Gasteiger partial charge in [0.1, 0.15) is 0 Å². The molecule has 0 aliphatic rings. The molecule has 0 saturated heterocycles. The Hall–Kier alpha value is -1.74. The number of hydrogen-bond acceptors (Lipinski definition) is 0. The van der Waals surface area contributed by atoms with Gasteiger partial charge >= 0.3 is 121 Å². The van der Waals surface area contributed by atoms with Gasteiger partial charge in [0.25, 0.3) is 0 Å². The predicted molar refractivity (Wildman–Crippen MR) is 84.3 cm³/mol. The minimum absolute atomic E-state index is 1.31. The standard InChI is InChI=1S/C18H11.Li/c1-2-7-15-12-18-16(11-14(15)6-1)10-9-13-5-3-4-8-17(13)18;/h1-8,10-12H;. The van der Waals surface area contributed by atoms with Gasteiger partial charge in [0, 0.05) is 0 Å². The first kappa shape index (κ1) is 11.1. The summed E-state index contributed by atoms with van der Waals surface area (Å²) < 4.78 is 1.35. The van der Waals surface area contributed by atoms with Crippen LogP contribution in [-0.2, 0) is 0 Å². The Morgan fingerprint density at radius 3 is 1.95 bits per heavy atom. The molecular weight excluding hydrogens is 223 g/mol. The summed E-state index contributed by atoms with van der Waals surface area (Å²) in [5.74, 6) is 0. The van der Waals surface area contributed by atoms with Crippen molar-refractivity contribution in [2.24, 2.45) is 0 Å². The molecule has 0 fully saturated rings. The van der Waals surface area contributed by atoms with Crippen LogP contribution in [0.3, 0.4) is 0 Å². The molecule has 84 valence electrons. The van der Waals surface area contributed by atoms with E-state index in [2.05, 4.69) is 84.4 Å². The van der Waals surface area contributed by atoms with Crippen molar-refractivity contribution in [2.75, 3.05) is 0 Å². The van der Waals surface area contributed by atoms with Crippen molar-refractivity contribution in [3.05, 3.63) is 66.7 Å². The number of benzene rings is 4. The van der Waals surface area contributed by atoms with Crippen molar-refractivity contribution in [2.45, 2.75) is 0 Å². The van der Waals surface area contributed by atoms with Gasteiger partial charge in [-0.3, -0.25) is 0 Å². The van der Waals surface area contributed by atoms with Gasteiger partial charge in [-0.25, -0.2) is 0 Å². The van der Waals surface area contributed by atoms with Crippen LogP contribution in [0, 0.1) is 0 Å². The fourth-order valence-corrected chi connectivity index (χ4v) is 2.98. The third kappa shape index (κ3) is 1.69. The van der Waals surface area contributed by atoms with Gasteiger partial charge in [-0.1, -0.05) is 0 Å². The summed E-state index contributed by atoms with van der Waals surface area (Å²) in [6, 6.07) is 24.1. The van der Waals surface area contributed by atoms with Gasteiger partial charge in [0.2, 0.25) is 0 Å². The predicted octanol–water partition coefficient (Wildman–Crippen LogP) is 3.94. The zero-order chi connectivity index (χ0) is 12.8. The van der Waals surface area contributed by atoms with Crippen LogP contribution in [0.15, 0.2) is 66.7 Å². The Morgan fingerprint density at radius 1 is 0.526 bits per heavy atom. The van der Waals surface area contributed by atoms with E-state index in [9.17, 15) is 0 Å². The molecule has 0 atom stereocenters. The molecule has 4 aromatic carbocycles. The van der Waals surface area contributed by atoms with Crippen molar-refractivity contribution in [3.8, 4) is 0 Å². The van der Waals surface area contributed by atoms with Crippen molar-refractivity contribution < 1.29 is 0 Å². The van der Waals surface area contributed by atoms with Crippen molar-refractivity contribution in [1.82, 2.24) is 0 Å². The van der Waals surface area contributed by atoms with Gasteiger partial charge in [-0.05, 0) is 0 Å². The molecule has 19 heavy (non-hydrogen) atoms. The molecule has 0 saturated carbocycles. The van der Waals surface area contributed by atoms with Gasteiger partial charge in [-0.15, -0.1) is 0 Å². The molecule has 0 nitrogen and oxygen atoms in total. The van der Waals surface area contributed by atoms with Crippen molar-refractivity contribution in [1.29, 1.82) is 0 Å². The Kier molecular flexibility index (Phi) is 2.42. The van der Waals surface area contributed by atoms with Gasteiger partial charge in [-0.2, -0.15) is 0 Å². The number of fused-ring (bicyclic) bond motifs is 4. The van der Waals surface area contributed by atoms with E-state index >= 15 is 0 Å². The van der Waals surface area contributed by atoms with Gasteiger partial charge in [0.05, 0.1) is 0 Å². The Bertz CT molecular complexity index is 922. The first-order chi connectivity index (χ1) is 9.33. The summed E-state index contributed by atoms with van der Waals surface area (Å²) in [5, 5.41) is 8.00. The third-order valence-corrected chi connectivity index (χ3v) is 3.93. The molecule has 0 unspecified atom stereocenters. The molecule has 0 radical (unpaired) electrons. The summed E-state index contributed by atoms with van der Waals surface area (Å²) in [7, 11) is 0. The Balaban J connectivity index is 2.29. The van der Waals surface area contributed by atoms with Crippen LogP contribution >= 0.6 is 0 Å². The molecule has 4 aromatic rings. The van der Waals surface area contributed by atoms with Crippen molar-refractivity contribution >= 4 is 54.3 Å². The second kappa shape index (κ2) is 4.13. The second-order valence-electron chi connectivity index (χ2n) is 5.16. The fraction of sp³-hybridized carbons (Fsp3) is 0. The molecule has 0 aliphatic heterocycles. The normalized spacial score (nSPS) is 11.5. The number of rotatable bonds is 0. The Labute approximate surface area is 121 Å². The van der Waals surface area contributed by atoms with E-state index in [0.29, 0.717) is 0 Å². The summed E-state index contributed by atoms with van der Waals surface area (Å²) in [4.78, 5) is 0. The molecule has 0 aromatic heterocycles. The van der Waals surface area contributed by atoms with Crippen LogP contribution in [0.4, 0.5) is 0 Å². The molecule has 0 spiro atoms. The quantitative estimate of drug-likeness (QED) is 0.245. The summed E-state index contributed by atoms with van der Waals surface area (Å²) >= 11 is 2.19. The molecule has 4 rings (SSSR count). The van der Waals surface area contributed by atoms with E-state index in [4.69, 9.17) is 0 Å². The summed E-state index contributed by atoms with van der Waals surface area (Å²) in [6.45, 7) is 0. The van der Waals surface area contributed by atoms with E-state index in [1.54, 1.807) is 0 Å². The Morgan fingerprint density at radius 2 is 1.16 bits per heavy atom. The second-order valence-corrected chi connectivity index (χ2v) is 5.16. The number of hydrogen-bond donors (Lipinski definition) is 0. The fourth-order valence-electron chi connectivity index (χ4n) is 2.98. The summed E-state index contributed by atoms with van der Waals surface area (Å²) in [6.07, 6.45) is 0. The minimum atomic E-state index is 1.31. The van der Waals surface area contributed by atoms with Crippen LogP contribution in [0.25, 0.3) is 32.3 Å². The monoisotopic (exact) mass is 234 g/mol. The zero-order valence-electron chi connectivity index (χ0n) is 10.9. The van der Waals surface area contributed by atoms with Gasteiger partial charge < -0.3 is 0 Å². The van der Waals surface area contributed by atoms with E-state index in [1.807, 2.05) is 0 Å². The molecule has 1 heteroatoms. The first-order valence-corrected chi connectivity index (χ1v) is 6.64. The van der Waals surface area contributed by atoms with Crippen molar-refractivity contribution in [3.63, 3.8) is 0 Å². The zero-order valence-corrected chi connectivity index (χ0v) is 10.9. The maximum atomic E-state index is 2.31.